The smallest absolute Gasteiger partial charge is 0.0466 e. The van der Waals surface area contributed by atoms with Gasteiger partial charge in [0, 0.05) is 55.8 Å². The topological polar surface area (TPSA) is 6.48 Å². The molecule has 0 fully saturated rings. The largest absolute Gasteiger partial charge is 0.310 e. The average Bonchev–Trinajstić information content (AvgIpc) is 2.61. The molecule has 11 aromatic rings. The van der Waals surface area contributed by atoms with E-state index in [-0.39, 0.29) is 21.7 Å². The van der Waals surface area contributed by atoms with Crippen molar-refractivity contribution in [2.75, 3.05) is 9.80 Å². The molecule has 0 amide bonds. The summed E-state index contributed by atoms with van der Waals surface area (Å²) in [5.74, 6) is 0. The van der Waals surface area contributed by atoms with E-state index in [9.17, 15) is 0 Å². The average molecular weight is 1140 g/mol. The van der Waals surface area contributed by atoms with Crippen LogP contribution in [0.5, 0.6) is 0 Å². The van der Waals surface area contributed by atoms with Gasteiger partial charge in [0.05, 0.1) is 0 Å². The van der Waals surface area contributed by atoms with Crippen LogP contribution < -0.4 is 9.80 Å². The van der Waals surface area contributed by atoms with Gasteiger partial charge in [-0.25, -0.2) is 0 Å². The molecule has 88 heavy (non-hydrogen) atoms. The summed E-state index contributed by atoms with van der Waals surface area (Å²) in [5, 5.41) is 0. The molecule has 0 spiro atoms. The van der Waals surface area contributed by atoms with E-state index in [2.05, 4.69) is 336 Å². The molecule has 430 valence electrons. The molecule has 0 N–H and O–H groups in total. The third-order valence-corrected chi connectivity index (χ3v) is 20.3. The maximum atomic E-state index is 2.48. The first-order chi connectivity index (χ1) is 42.2. The second-order valence-corrected chi connectivity index (χ2v) is 27.8. The van der Waals surface area contributed by atoms with Crippen molar-refractivity contribution in [1.82, 2.24) is 0 Å². The van der Waals surface area contributed by atoms with E-state index in [0.717, 1.165) is 0 Å². The highest BCUT2D eigenvalue weighted by molar-refractivity contribution is 5.92. The minimum absolute atomic E-state index is 0.0972. The Hall–Kier alpha value is -9.50. The van der Waals surface area contributed by atoms with E-state index < -0.39 is 0 Å². The maximum absolute atomic E-state index is 2.48. The molecule has 0 radical (unpaired) electrons. The predicted octanol–water partition coefficient (Wildman–Crippen LogP) is 23.4. The third-order valence-electron chi connectivity index (χ3n) is 20.3. The lowest BCUT2D eigenvalue weighted by Crippen LogP contribution is -2.18. The van der Waals surface area contributed by atoms with Crippen LogP contribution in [-0.2, 0) is 21.7 Å². The lowest BCUT2D eigenvalue weighted by molar-refractivity contribution is 0.659. The highest BCUT2D eigenvalue weighted by Crippen LogP contribution is 2.56. The Labute approximate surface area is 521 Å². The summed E-state index contributed by atoms with van der Waals surface area (Å²) in [6.45, 7) is 27.9. The highest BCUT2D eigenvalue weighted by atomic mass is 15.1. The van der Waals surface area contributed by atoms with Gasteiger partial charge >= 0.3 is 0 Å². The molecule has 2 nitrogen and oxygen atoms in total. The standard InChI is InChI=1S/C86H76N2/c1-53-41-54(2)44-65(43-53)87(61-31-37-71-67-17-13-15-19-75(67)83(5,6)79(71)49-61)63-33-39-73-69-35-29-59(47-77(69)85(9,10)81(73)51-63)27-25-57-21-23-58(24-22-57)26-28-60-30-36-70-74-40-34-64(52-82(74)86(11,12)78(70)48-60)88(66-45-55(3)42-56(4)46-66)62-32-38-72-68-18-14-16-20-76(68)84(7,8)80(72)50-62/h13-52H,1-12H3. The van der Waals surface area contributed by atoms with Gasteiger partial charge in [0.15, 0.2) is 0 Å². The normalized spacial score (nSPS) is 15.3. The summed E-state index contributed by atoms with van der Waals surface area (Å²) < 4.78 is 0. The van der Waals surface area contributed by atoms with Crippen LogP contribution in [0.3, 0.4) is 0 Å². The lowest BCUT2D eigenvalue weighted by Gasteiger charge is -2.30. The van der Waals surface area contributed by atoms with Crippen LogP contribution >= 0.6 is 0 Å². The Balaban J connectivity index is 0.665. The van der Waals surface area contributed by atoms with E-state index in [4.69, 9.17) is 0 Å². The molecule has 11 aromatic carbocycles. The SMILES string of the molecule is Cc1cc(C)cc(N(c2ccc3c(c2)C(C)(C)c2ccccc2-3)c2ccc3c(c2)C(C)(C)c2cc(C=Cc4ccc(C=Cc5ccc6c(c5)C(C)(C)c5cc(N(c7cc(C)cc(C)c7)c7ccc8c(c7)C(C)(C)c7ccccc7-8)ccc5-6)cc4)ccc2-3)c1. The van der Waals surface area contributed by atoms with Gasteiger partial charge in [0.1, 0.15) is 0 Å². The minimum atomic E-state index is -0.199. The third kappa shape index (κ3) is 8.81. The van der Waals surface area contributed by atoms with Crippen molar-refractivity contribution in [3.63, 3.8) is 0 Å². The second-order valence-electron chi connectivity index (χ2n) is 27.8. The Morgan fingerprint density at radius 2 is 0.455 bits per heavy atom. The van der Waals surface area contributed by atoms with Gasteiger partial charge in [-0.15, -0.1) is 0 Å². The van der Waals surface area contributed by atoms with E-state index in [1.807, 2.05) is 0 Å². The summed E-state index contributed by atoms with van der Waals surface area (Å²) >= 11 is 0. The predicted molar refractivity (Wildman–Crippen MR) is 376 cm³/mol. The molecule has 15 rings (SSSR count). The van der Waals surface area contributed by atoms with Crippen LogP contribution in [0, 0.1) is 27.7 Å². The quantitative estimate of drug-likeness (QED) is 0.126. The van der Waals surface area contributed by atoms with Crippen LogP contribution in [0.2, 0.25) is 0 Å². The molecule has 4 aliphatic rings. The summed E-state index contributed by atoms with van der Waals surface area (Å²) in [6, 6.07) is 83.2. The van der Waals surface area contributed by atoms with Crippen molar-refractivity contribution in [3.05, 3.63) is 307 Å². The monoisotopic (exact) mass is 1140 g/mol. The number of hydrogen-bond acceptors (Lipinski definition) is 2. The Bertz CT molecular complexity index is 4440. The number of anilines is 6. The number of aryl methyl sites for hydroxylation is 4. The molecule has 2 heteroatoms. The van der Waals surface area contributed by atoms with Crippen LogP contribution in [0.25, 0.3) is 68.8 Å². The fourth-order valence-electron chi connectivity index (χ4n) is 15.8. The van der Waals surface area contributed by atoms with E-state index in [1.165, 1.54) is 168 Å². The first kappa shape index (κ1) is 55.1. The number of nitrogens with zero attached hydrogens (tertiary/aromatic N) is 2. The van der Waals surface area contributed by atoms with Gasteiger partial charge in [-0.2, -0.15) is 0 Å². The second kappa shape index (κ2) is 20.0. The van der Waals surface area contributed by atoms with Crippen molar-refractivity contribution >= 4 is 58.4 Å². The van der Waals surface area contributed by atoms with Crippen LogP contribution in [0.15, 0.2) is 218 Å². The summed E-state index contributed by atoms with van der Waals surface area (Å²) in [5.41, 5.74) is 37.9. The van der Waals surface area contributed by atoms with E-state index >= 15 is 0 Å². The van der Waals surface area contributed by atoms with Gasteiger partial charge in [0.2, 0.25) is 0 Å². The van der Waals surface area contributed by atoms with Crippen molar-refractivity contribution in [3.8, 4) is 44.5 Å². The zero-order valence-corrected chi connectivity index (χ0v) is 53.0. The first-order valence-corrected chi connectivity index (χ1v) is 31.5. The minimum Gasteiger partial charge on any atom is -0.310 e. The Morgan fingerprint density at radius 3 is 0.773 bits per heavy atom. The van der Waals surface area contributed by atoms with Gasteiger partial charge in [-0.05, 0) is 234 Å². The van der Waals surface area contributed by atoms with Crippen LogP contribution in [0.1, 0.15) is 144 Å². The fourth-order valence-corrected chi connectivity index (χ4v) is 15.8. The molecule has 0 atom stereocenters. The molecule has 0 saturated heterocycles. The van der Waals surface area contributed by atoms with Gasteiger partial charge in [0.25, 0.3) is 0 Å². The van der Waals surface area contributed by atoms with Crippen molar-refractivity contribution in [2.45, 2.75) is 105 Å². The number of hydrogen-bond donors (Lipinski definition) is 0. The molecule has 0 unspecified atom stereocenters. The molecule has 0 saturated carbocycles. The fraction of sp³-hybridized carbons (Fsp3) is 0.186. The molecule has 0 heterocycles. The molecular weight excluding hydrogens is 1060 g/mol. The molecule has 4 aliphatic carbocycles. The Morgan fingerprint density at radius 1 is 0.216 bits per heavy atom. The maximum Gasteiger partial charge on any atom is 0.0466 e. The Kier molecular flexibility index (Phi) is 12.5. The number of rotatable bonds is 10. The molecule has 0 aliphatic heterocycles. The van der Waals surface area contributed by atoms with Crippen LogP contribution in [-0.4, -0.2) is 0 Å². The summed E-state index contributed by atoms with van der Waals surface area (Å²) in [7, 11) is 0. The van der Waals surface area contributed by atoms with Gasteiger partial charge in [-0.3, -0.25) is 0 Å². The number of fused-ring (bicyclic) bond motifs is 12. The number of benzene rings is 11. The zero-order chi connectivity index (χ0) is 60.8. The van der Waals surface area contributed by atoms with Gasteiger partial charge in [-0.1, -0.05) is 225 Å². The lowest BCUT2D eigenvalue weighted by atomic mass is 9.81. The van der Waals surface area contributed by atoms with Crippen molar-refractivity contribution in [1.29, 1.82) is 0 Å². The summed E-state index contributed by atoms with van der Waals surface area (Å²) in [4.78, 5) is 4.96. The molecule has 0 aromatic heterocycles. The molecular formula is C86H76N2. The van der Waals surface area contributed by atoms with Crippen molar-refractivity contribution in [2.24, 2.45) is 0 Å². The summed E-state index contributed by atoms with van der Waals surface area (Å²) in [6.07, 6.45) is 9.04. The molecule has 0 bridgehead atoms. The first-order valence-electron chi connectivity index (χ1n) is 31.5. The van der Waals surface area contributed by atoms with Crippen molar-refractivity contribution < 1.29 is 0 Å². The zero-order valence-electron chi connectivity index (χ0n) is 53.0. The van der Waals surface area contributed by atoms with E-state index in [0.29, 0.717) is 0 Å². The van der Waals surface area contributed by atoms with Crippen LogP contribution in [0.4, 0.5) is 34.1 Å². The highest BCUT2D eigenvalue weighted by Gasteiger charge is 2.40. The van der Waals surface area contributed by atoms with Gasteiger partial charge < -0.3 is 9.80 Å². The van der Waals surface area contributed by atoms with E-state index in [1.54, 1.807) is 0 Å².